The van der Waals surface area contributed by atoms with Crippen molar-refractivity contribution in [1.29, 1.82) is 0 Å². The Hall–Kier alpha value is -2.43. The van der Waals surface area contributed by atoms with E-state index in [1.165, 1.54) is 24.8 Å². The van der Waals surface area contributed by atoms with E-state index in [0.717, 1.165) is 12.8 Å². The summed E-state index contributed by atoms with van der Waals surface area (Å²) in [6, 6.07) is 12.5. The minimum atomic E-state index is -0.0935. The SMILES string of the molecule is CC(C)N(Cc1ccccc1)c1nccc(C(=O)NC2CCCCC2)n1. The molecule has 1 amide bonds. The third-order valence-corrected chi connectivity index (χ3v) is 4.89. The van der Waals surface area contributed by atoms with Gasteiger partial charge in [0.1, 0.15) is 5.69 Å². The van der Waals surface area contributed by atoms with E-state index >= 15 is 0 Å². The van der Waals surface area contributed by atoms with Crippen molar-refractivity contribution in [2.45, 2.75) is 64.6 Å². The van der Waals surface area contributed by atoms with Crippen LogP contribution in [-0.4, -0.2) is 28.0 Å². The minimum Gasteiger partial charge on any atom is -0.348 e. The Labute approximate surface area is 155 Å². The van der Waals surface area contributed by atoms with Gasteiger partial charge in [0, 0.05) is 24.8 Å². The van der Waals surface area contributed by atoms with Crippen LogP contribution in [-0.2, 0) is 6.54 Å². The molecule has 1 saturated carbocycles. The van der Waals surface area contributed by atoms with Crippen molar-refractivity contribution >= 4 is 11.9 Å². The van der Waals surface area contributed by atoms with Crippen LogP contribution >= 0.6 is 0 Å². The lowest BCUT2D eigenvalue weighted by molar-refractivity contribution is 0.0922. The number of nitrogens with zero attached hydrogens (tertiary/aromatic N) is 3. The maximum absolute atomic E-state index is 12.6. The second-order valence-electron chi connectivity index (χ2n) is 7.26. The average Bonchev–Trinajstić information content (AvgIpc) is 2.67. The summed E-state index contributed by atoms with van der Waals surface area (Å²) in [5.74, 6) is 0.504. The van der Waals surface area contributed by atoms with Crippen LogP contribution in [0.25, 0.3) is 0 Å². The van der Waals surface area contributed by atoms with Crippen molar-refractivity contribution in [3.05, 3.63) is 53.9 Å². The van der Waals surface area contributed by atoms with Gasteiger partial charge in [0.05, 0.1) is 0 Å². The number of nitrogens with one attached hydrogen (secondary N) is 1. The van der Waals surface area contributed by atoms with Crippen LogP contribution < -0.4 is 10.2 Å². The fourth-order valence-electron chi connectivity index (χ4n) is 3.38. The van der Waals surface area contributed by atoms with Crippen molar-refractivity contribution in [3.63, 3.8) is 0 Å². The van der Waals surface area contributed by atoms with Gasteiger partial charge < -0.3 is 10.2 Å². The molecule has 1 aromatic carbocycles. The molecule has 1 aromatic heterocycles. The zero-order valence-electron chi connectivity index (χ0n) is 15.7. The summed E-state index contributed by atoms with van der Waals surface area (Å²) in [6.07, 6.45) is 7.47. The molecule has 0 radical (unpaired) electrons. The van der Waals surface area contributed by atoms with Crippen LogP contribution in [0.4, 0.5) is 5.95 Å². The molecule has 1 fully saturated rings. The topological polar surface area (TPSA) is 58.1 Å². The molecule has 5 nitrogen and oxygen atoms in total. The molecule has 138 valence electrons. The first kappa shape index (κ1) is 18.4. The number of benzene rings is 1. The van der Waals surface area contributed by atoms with Gasteiger partial charge in [-0.1, -0.05) is 49.6 Å². The molecule has 0 atom stereocenters. The predicted molar refractivity (Wildman–Crippen MR) is 104 cm³/mol. The summed E-state index contributed by atoms with van der Waals surface area (Å²) in [6.45, 7) is 4.94. The Balaban J connectivity index is 1.74. The lowest BCUT2D eigenvalue weighted by Crippen LogP contribution is -2.37. The average molecular weight is 352 g/mol. The lowest BCUT2D eigenvalue weighted by Gasteiger charge is -2.27. The second kappa shape index (κ2) is 8.79. The van der Waals surface area contributed by atoms with Crippen LogP contribution in [0.2, 0.25) is 0 Å². The number of amides is 1. The van der Waals surface area contributed by atoms with Crippen molar-refractivity contribution in [3.8, 4) is 0 Å². The molecule has 0 saturated heterocycles. The second-order valence-corrected chi connectivity index (χ2v) is 7.26. The van der Waals surface area contributed by atoms with E-state index in [4.69, 9.17) is 0 Å². The molecule has 0 aliphatic heterocycles. The predicted octanol–water partition coefficient (Wildman–Crippen LogP) is 3.95. The van der Waals surface area contributed by atoms with Crippen LogP contribution in [0.5, 0.6) is 0 Å². The standard InChI is InChI=1S/C21H28N4O/c1-16(2)25(15-17-9-5-3-6-10-17)21-22-14-13-19(24-21)20(26)23-18-11-7-4-8-12-18/h3,5-6,9-10,13-14,16,18H,4,7-8,11-12,15H2,1-2H3,(H,23,26). The molecule has 1 heterocycles. The fraction of sp³-hybridized carbons (Fsp3) is 0.476. The van der Waals surface area contributed by atoms with Gasteiger partial charge in [-0.15, -0.1) is 0 Å². The molecular formula is C21H28N4O. The third-order valence-electron chi connectivity index (χ3n) is 4.89. The van der Waals surface area contributed by atoms with Crippen LogP contribution in [0.1, 0.15) is 62.0 Å². The third kappa shape index (κ3) is 4.81. The van der Waals surface area contributed by atoms with Gasteiger partial charge in [0.2, 0.25) is 5.95 Å². The molecule has 26 heavy (non-hydrogen) atoms. The van der Waals surface area contributed by atoms with Crippen molar-refractivity contribution < 1.29 is 4.79 Å². The summed E-state index contributed by atoms with van der Waals surface area (Å²) < 4.78 is 0. The first-order valence-corrected chi connectivity index (χ1v) is 9.58. The lowest BCUT2D eigenvalue weighted by atomic mass is 9.95. The molecule has 0 bridgehead atoms. The summed E-state index contributed by atoms with van der Waals surface area (Å²) >= 11 is 0. The first-order valence-electron chi connectivity index (χ1n) is 9.58. The monoisotopic (exact) mass is 352 g/mol. The van der Waals surface area contributed by atoms with E-state index in [2.05, 4.69) is 46.2 Å². The highest BCUT2D eigenvalue weighted by Gasteiger charge is 2.20. The number of aromatic nitrogens is 2. The maximum atomic E-state index is 12.6. The van der Waals surface area contributed by atoms with Crippen molar-refractivity contribution in [1.82, 2.24) is 15.3 Å². The Morgan fingerprint density at radius 1 is 1.15 bits per heavy atom. The molecule has 0 unspecified atom stereocenters. The van der Waals surface area contributed by atoms with Crippen LogP contribution in [0, 0.1) is 0 Å². The van der Waals surface area contributed by atoms with Crippen LogP contribution in [0.15, 0.2) is 42.6 Å². The Morgan fingerprint density at radius 2 is 1.88 bits per heavy atom. The smallest absolute Gasteiger partial charge is 0.270 e. The Kier molecular flexibility index (Phi) is 6.21. The molecule has 1 aliphatic rings. The van der Waals surface area contributed by atoms with Gasteiger partial charge in [-0.25, -0.2) is 9.97 Å². The number of hydrogen-bond donors (Lipinski definition) is 1. The van der Waals surface area contributed by atoms with E-state index < -0.39 is 0 Å². The molecule has 2 aromatic rings. The highest BCUT2D eigenvalue weighted by molar-refractivity contribution is 5.92. The number of rotatable bonds is 6. The summed E-state index contributed by atoms with van der Waals surface area (Å²) in [5, 5.41) is 3.13. The van der Waals surface area contributed by atoms with E-state index in [-0.39, 0.29) is 18.0 Å². The summed E-state index contributed by atoms with van der Waals surface area (Å²) in [4.78, 5) is 23.7. The maximum Gasteiger partial charge on any atom is 0.270 e. The molecule has 5 heteroatoms. The van der Waals surface area contributed by atoms with E-state index in [9.17, 15) is 4.79 Å². The summed E-state index contributed by atoms with van der Waals surface area (Å²) in [5.41, 5.74) is 1.64. The zero-order chi connectivity index (χ0) is 18.4. The first-order chi connectivity index (χ1) is 12.6. The van der Waals surface area contributed by atoms with Gasteiger partial charge in [-0.2, -0.15) is 0 Å². The molecule has 3 rings (SSSR count). The number of anilines is 1. The van der Waals surface area contributed by atoms with E-state index in [1.54, 1.807) is 12.3 Å². The van der Waals surface area contributed by atoms with Gasteiger partial charge >= 0.3 is 0 Å². The van der Waals surface area contributed by atoms with E-state index in [0.29, 0.717) is 18.2 Å². The van der Waals surface area contributed by atoms with E-state index in [1.807, 2.05) is 18.2 Å². The summed E-state index contributed by atoms with van der Waals surface area (Å²) in [7, 11) is 0. The quantitative estimate of drug-likeness (QED) is 0.855. The van der Waals surface area contributed by atoms with Crippen molar-refractivity contribution in [2.24, 2.45) is 0 Å². The Morgan fingerprint density at radius 3 is 2.58 bits per heavy atom. The number of hydrogen-bond acceptors (Lipinski definition) is 4. The largest absolute Gasteiger partial charge is 0.348 e. The van der Waals surface area contributed by atoms with Crippen LogP contribution in [0.3, 0.4) is 0 Å². The zero-order valence-corrected chi connectivity index (χ0v) is 15.7. The van der Waals surface area contributed by atoms with Gasteiger partial charge in [0.15, 0.2) is 0 Å². The fourth-order valence-corrected chi connectivity index (χ4v) is 3.38. The normalized spacial score (nSPS) is 15.0. The minimum absolute atomic E-state index is 0.0935. The highest BCUT2D eigenvalue weighted by Crippen LogP contribution is 2.19. The van der Waals surface area contributed by atoms with Crippen molar-refractivity contribution in [2.75, 3.05) is 4.90 Å². The molecular weight excluding hydrogens is 324 g/mol. The van der Waals surface area contributed by atoms with Gasteiger partial charge in [-0.3, -0.25) is 4.79 Å². The highest BCUT2D eigenvalue weighted by atomic mass is 16.1. The molecule has 1 aliphatic carbocycles. The number of carbonyl (C=O) groups is 1. The molecule has 1 N–H and O–H groups in total. The van der Waals surface area contributed by atoms with Gasteiger partial charge in [-0.05, 0) is 38.3 Å². The van der Waals surface area contributed by atoms with Gasteiger partial charge in [0.25, 0.3) is 5.91 Å². The molecule has 0 spiro atoms. The Bertz CT molecular complexity index is 711. The number of carbonyl (C=O) groups excluding carboxylic acids is 1.